The van der Waals surface area contributed by atoms with Crippen LogP contribution in [0.5, 0.6) is 0 Å². The minimum atomic E-state index is -0.383. The van der Waals surface area contributed by atoms with Crippen LogP contribution in [0.2, 0.25) is 0 Å². The highest BCUT2D eigenvalue weighted by molar-refractivity contribution is 5.85. The topological polar surface area (TPSA) is 68.0 Å². The first-order valence-corrected chi connectivity index (χ1v) is 7.19. The van der Waals surface area contributed by atoms with Crippen LogP contribution in [0.15, 0.2) is 24.4 Å². The molecule has 1 aromatic rings. The van der Waals surface area contributed by atoms with Crippen molar-refractivity contribution in [2.24, 2.45) is 11.7 Å². The third kappa shape index (κ3) is 5.47. The predicted molar refractivity (Wildman–Crippen MR) is 82.5 cm³/mol. The van der Waals surface area contributed by atoms with E-state index in [1.165, 1.54) is 32.1 Å². The maximum Gasteiger partial charge on any atom is 0.237 e. The molecule has 20 heavy (non-hydrogen) atoms. The smallest absolute Gasteiger partial charge is 0.237 e. The van der Waals surface area contributed by atoms with Gasteiger partial charge in [-0.15, -0.1) is 12.4 Å². The molecule has 0 saturated heterocycles. The fraction of sp³-hybridized carbons (Fsp3) is 0.600. The zero-order chi connectivity index (χ0) is 13.5. The largest absolute Gasteiger partial charge is 0.349 e. The van der Waals surface area contributed by atoms with Gasteiger partial charge >= 0.3 is 0 Å². The molecule has 1 heterocycles. The van der Waals surface area contributed by atoms with Crippen molar-refractivity contribution in [2.75, 3.05) is 0 Å². The van der Waals surface area contributed by atoms with Crippen molar-refractivity contribution in [1.29, 1.82) is 0 Å². The van der Waals surface area contributed by atoms with Crippen LogP contribution >= 0.6 is 12.4 Å². The Kier molecular flexibility index (Phi) is 7.55. The SMILES string of the molecule is Cl.NC(CC1CCCCC1)C(=O)NCc1ccccn1. The number of rotatable bonds is 5. The number of carbonyl (C=O) groups excluding carboxylic acids is 1. The molecule has 5 heteroatoms. The summed E-state index contributed by atoms with van der Waals surface area (Å²) in [7, 11) is 0. The van der Waals surface area contributed by atoms with Crippen LogP contribution in [0.3, 0.4) is 0 Å². The molecule has 1 aliphatic rings. The highest BCUT2D eigenvalue weighted by Gasteiger charge is 2.20. The van der Waals surface area contributed by atoms with Gasteiger partial charge in [-0.25, -0.2) is 0 Å². The maximum absolute atomic E-state index is 11.9. The van der Waals surface area contributed by atoms with E-state index in [0.717, 1.165) is 12.1 Å². The summed E-state index contributed by atoms with van der Waals surface area (Å²) in [5.41, 5.74) is 6.84. The van der Waals surface area contributed by atoms with Gasteiger partial charge in [-0.05, 0) is 24.5 Å². The van der Waals surface area contributed by atoms with E-state index in [-0.39, 0.29) is 24.4 Å². The van der Waals surface area contributed by atoms with Crippen molar-refractivity contribution < 1.29 is 4.79 Å². The van der Waals surface area contributed by atoms with Crippen molar-refractivity contribution in [3.63, 3.8) is 0 Å². The number of nitrogens with one attached hydrogen (secondary N) is 1. The first-order valence-electron chi connectivity index (χ1n) is 7.19. The van der Waals surface area contributed by atoms with Crippen LogP contribution in [0, 0.1) is 5.92 Å². The van der Waals surface area contributed by atoms with Gasteiger partial charge in [-0.1, -0.05) is 38.2 Å². The van der Waals surface area contributed by atoms with Gasteiger partial charge in [0.15, 0.2) is 0 Å². The fourth-order valence-corrected chi connectivity index (χ4v) is 2.70. The average Bonchev–Trinajstić information content (AvgIpc) is 2.47. The van der Waals surface area contributed by atoms with Gasteiger partial charge in [0.2, 0.25) is 5.91 Å². The minimum Gasteiger partial charge on any atom is -0.349 e. The third-order valence-electron chi connectivity index (χ3n) is 3.82. The number of hydrogen-bond acceptors (Lipinski definition) is 3. The average molecular weight is 298 g/mol. The van der Waals surface area contributed by atoms with E-state index >= 15 is 0 Å². The zero-order valence-electron chi connectivity index (χ0n) is 11.8. The minimum absolute atomic E-state index is 0. The van der Waals surface area contributed by atoms with Crippen LogP contribution in [0.1, 0.15) is 44.2 Å². The summed E-state index contributed by atoms with van der Waals surface area (Å²) in [5.74, 6) is 0.570. The van der Waals surface area contributed by atoms with E-state index in [0.29, 0.717) is 12.5 Å². The van der Waals surface area contributed by atoms with Crippen LogP contribution in [0.25, 0.3) is 0 Å². The molecule has 1 unspecified atom stereocenters. The summed E-state index contributed by atoms with van der Waals surface area (Å²) in [6.07, 6.45) is 8.89. The Morgan fingerprint density at radius 3 is 2.75 bits per heavy atom. The normalized spacial score (nSPS) is 17.1. The van der Waals surface area contributed by atoms with Gasteiger partial charge in [0, 0.05) is 6.20 Å². The van der Waals surface area contributed by atoms with Crippen molar-refractivity contribution in [3.8, 4) is 0 Å². The van der Waals surface area contributed by atoms with E-state index in [1.54, 1.807) is 6.20 Å². The Balaban J connectivity index is 0.00000200. The molecule has 1 aromatic heterocycles. The van der Waals surface area contributed by atoms with E-state index in [1.807, 2.05) is 18.2 Å². The van der Waals surface area contributed by atoms with Gasteiger partial charge in [-0.3, -0.25) is 9.78 Å². The molecule has 1 aliphatic carbocycles. The number of nitrogens with two attached hydrogens (primary N) is 1. The molecule has 0 spiro atoms. The van der Waals surface area contributed by atoms with Crippen LogP contribution in [-0.2, 0) is 11.3 Å². The fourth-order valence-electron chi connectivity index (χ4n) is 2.70. The molecule has 0 radical (unpaired) electrons. The Morgan fingerprint density at radius 2 is 2.10 bits per heavy atom. The maximum atomic E-state index is 11.9. The van der Waals surface area contributed by atoms with Crippen molar-refractivity contribution >= 4 is 18.3 Å². The molecule has 1 atom stereocenters. The molecule has 1 saturated carbocycles. The molecular weight excluding hydrogens is 274 g/mol. The second-order valence-corrected chi connectivity index (χ2v) is 5.39. The standard InChI is InChI=1S/C15H23N3O.ClH/c16-14(10-12-6-2-1-3-7-12)15(19)18-11-13-8-4-5-9-17-13;/h4-5,8-9,12,14H,1-3,6-7,10-11,16H2,(H,18,19);1H. The lowest BCUT2D eigenvalue weighted by Crippen LogP contribution is -2.41. The highest BCUT2D eigenvalue weighted by Crippen LogP contribution is 2.26. The second-order valence-electron chi connectivity index (χ2n) is 5.39. The molecule has 1 amide bonds. The van der Waals surface area contributed by atoms with E-state index in [4.69, 9.17) is 5.73 Å². The van der Waals surface area contributed by atoms with Crippen molar-refractivity contribution in [1.82, 2.24) is 10.3 Å². The summed E-state index contributed by atoms with van der Waals surface area (Å²) in [6.45, 7) is 0.456. The number of amides is 1. The third-order valence-corrected chi connectivity index (χ3v) is 3.82. The number of halogens is 1. The highest BCUT2D eigenvalue weighted by atomic mass is 35.5. The molecule has 0 aliphatic heterocycles. The lowest BCUT2D eigenvalue weighted by atomic mass is 9.85. The quantitative estimate of drug-likeness (QED) is 0.877. The predicted octanol–water partition coefficient (Wildman–Crippen LogP) is 2.42. The molecule has 1 fully saturated rings. The first-order chi connectivity index (χ1) is 9.25. The number of pyridine rings is 1. The van der Waals surface area contributed by atoms with E-state index < -0.39 is 0 Å². The second kappa shape index (κ2) is 8.93. The Labute approximate surface area is 126 Å². The summed E-state index contributed by atoms with van der Waals surface area (Å²) < 4.78 is 0. The molecule has 2 rings (SSSR count). The molecular formula is C15H24ClN3O. The summed E-state index contributed by atoms with van der Waals surface area (Å²) in [5, 5.41) is 2.86. The number of aromatic nitrogens is 1. The van der Waals surface area contributed by atoms with E-state index in [2.05, 4.69) is 10.3 Å². The molecule has 112 valence electrons. The summed E-state index contributed by atoms with van der Waals surface area (Å²) in [4.78, 5) is 16.1. The monoisotopic (exact) mass is 297 g/mol. The van der Waals surface area contributed by atoms with Gasteiger partial charge in [0.1, 0.15) is 0 Å². The molecule has 0 aromatic carbocycles. The van der Waals surface area contributed by atoms with Gasteiger partial charge in [-0.2, -0.15) is 0 Å². The summed E-state index contributed by atoms with van der Waals surface area (Å²) >= 11 is 0. The summed E-state index contributed by atoms with van der Waals surface area (Å²) in [6, 6.07) is 5.29. The Morgan fingerprint density at radius 1 is 1.35 bits per heavy atom. The molecule has 0 bridgehead atoms. The van der Waals surface area contributed by atoms with Crippen LogP contribution < -0.4 is 11.1 Å². The number of hydrogen-bond donors (Lipinski definition) is 2. The lowest BCUT2D eigenvalue weighted by molar-refractivity contribution is -0.123. The number of nitrogens with zero attached hydrogens (tertiary/aromatic N) is 1. The first kappa shape index (κ1) is 16.9. The lowest BCUT2D eigenvalue weighted by Gasteiger charge is -2.24. The van der Waals surface area contributed by atoms with Gasteiger partial charge < -0.3 is 11.1 Å². The van der Waals surface area contributed by atoms with Gasteiger partial charge in [0.05, 0.1) is 18.3 Å². The number of carbonyl (C=O) groups is 1. The van der Waals surface area contributed by atoms with Crippen LogP contribution in [0.4, 0.5) is 0 Å². The zero-order valence-corrected chi connectivity index (χ0v) is 12.6. The van der Waals surface area contributed by atoms with Gasteiger partial charge in [0.25, 0.3) is 0 Å². The molecule has 3 N–H and O–H groups in total. The van der Waals surface area contributed by atoms with Crippen LogP contribution in [-0.4, -0.2) is 16.9 Å². The Hall–Kier alpha value is -1.13. The van der Waals surface area contributed by atoms with Crippen molar-refractivity contribution in [3.05, 3.63) is 30.1 Å². The van der Waals surface area contributed by atoms with E-state index in [9.17, 15) is 4.79 Å². The molecule has 4 nitrogen and oxygen atoms in total. The van der Waals surface area contributed by atoms with Crippen molar-refractivity contribution in [2.45, 2.75) is 51.1 Å². The Bertz CT molecular complexity index is 393.